The summed E-state index contributed by atoms with van der Waals surface area (Å²) in [6, 6.07) is 8.91. The number of hydrogen-bond acceptors (Lipinski definition) is 6. The number of hydrogen-bond donors (Lipinski definition) is 1. The Hall–Kier alpha value is -3.03. The second-order valence-corrected chi connectivity index (χ2v) is 6.73. The van der Waals surface area contributed by atoms with Crippen LogP contribution in [0.3, 0.4) is 0 Å². The van der Waals surface area contributed by atoms with E-state index < -0.39 is 23.5 Å². The van der Waals surface area contributed by atoms with E-state index in [1.54, 1.807) is 30.3 Å². The van der Waals surface area contributed by atoms with Crippen LogP contribution < -0.4 is 0 Å². The number of furan rings is 2. The number of carbonyl (C=O) groups is 2. The van der Waals surface area contributed by atoms with Crippen molar-refractivity contribution in [2.24, 2.45) is 0 Å². The van der Waals surface area contributed by atoms with E-state index in [0.29, 0.717) is 21.8 Å². The summed E-state index contributed by atoms with van der Waals surface area (Å²) in [6.07, 6.45) is 1.44. The Bertz CT molecular complexity index is 1080. The molecule has 4 rings (SSSR count). The molecule has 1 unspecified atom stereocenters. The van der Waals surface area contributed by atoms with Crippen molar-refractivity contribution in [1.29, 1.82) is 0 Å². The zero-order chi connectivity index (χ0) is 19.8. The summed E-state index contributed by atoms with van der Waals surface area (Å²) < 4.78 is 16.1. The van der Waals surface area contributed by atoms with Crippen LogP contribution in [0.5, 0.6) is 0 Å². The number of benzene rings is 1. The van der Waals surface area contributed by atoms with E-state index in [1.807, 2.05) is 0 Å². The Morgan fingerprint density at radius 2 is 2.14 bits per heavy atom. The standard InChI is InChI=1S/C20H16ClNO6/c1-26-8-6-22-17(14-3-2-7-27-14)16(19(24)20(22)25)18(23)15-10-11-9-12(21)4-5-13(11)28-15/h2-5,7,9-10,17,24H,6,8H2,1H3. The summed E-state index contributed by atoms with van der Waals surface area (Å²) in [6.45, 7) is 0.415. The van der Waals surface area contributed by atoms with Crippen LogP contribution in [0.4, 0.5) is 0 Å². The van der Waals surface area contributed by atoms with Crippen molar-refractivity contribution in [3.05, 3.63) is 70.5 Å². The van der Waals surface area contributed by atoms with Crippen LogP contribution in [-0.4, -0.2) is 42.0 Å². The molecule has 0 radical (unpaired) electrons. The summed E-state index contributed by atoms with van der Waals surface area (Å²) in [7, 11) is 1.50. The molecule has 0 saturated heterocycles. The molecule has 3 aromatic rings. The Labute approximate surface area is 164 Å². The van der Waals surface area contributed by atoms with Gasteiger partial charge in [-0.15, -0.1) is 0 Å². The van der Waals surface area contributed by atoms with Crippen molar-refractivity contribution in [1.82, 2.24) is 4.90 Å². The quantitative estimate of drug-likeness (QED) is 0.629. The number of aliphatic hydroxyl groups excluding tert-OH is 1. The van der Waals surface area contributed by atoms with Gasteiger partial charge in [0.2, 0.25) is 5.78 Å². The smallest absolute Gasteiger partial charge is 0.290 e. The van der Waals surface area contributed by atoms with E-state index in [2.05, 4.69) is 0 Å². The summed E-state index contributed by atoms with van der Waals surface area (Å²) >= 11 is 5.98. The van der Waals surface area contributed by atoms with Gasteiger partial charge in [0.15, 0.2) is 11.5 Å². The fourth-order valence-corrected chi connectivity index (χ4v) is 3.49. The molecule has 7 nitrogen and oxygen atoms in total. The highest BCUT2D eigenvalue weighted by atomic mass is 35.5. The molecular formula is C20H16ClNO6. The van der Waals surface area contributed by atoms with Gasteiger partial charge in [-0.25, -0.2) is 0 Å². The summed E-state index contributed by atoms with van der Waals surface area (Å²) in [5, 5.41) is 11.6. The Morgan fingerprint density at radius 1 is 1.32 bits per heavy atom. The number of aliphatic hydroxyl groups is 1. The van der Waals surface area contributed by atoms with Crippen LogP contribution in [0, 0.1) is 0 Å². The Morgan fingerprint density at radius 3 is 2.86 bits per heavy atom. The lowest BCUT2D eigenvalue weighted by Crippen LogP contribution is -2.33. The van der Waals surface area contributed by atoms with E-state index in [4.69, 9.17) is 25.2 Å². The topological polar surface area (TPSA) is 93.1 Å². The van der Waals surface area contributed by atoms with E-state index >= 15 is 0 Å². The molecule has 1 aromatic carbocycles. The largest absolute Gasteiger partial charge is 0.503 e. The molecule has 0 fully saturated rings. The maximum absolute atomic E-state index is 13.2. The number of rotatable bonds is 6. The lowest BCUT2D eigenvalue weighted by atomic mass is 9.99. The number of ketones is 1. The van der Waals surface area contributed by atoms with Gasteiger partial charge in [0.05, 0.1) is 18.4 Å². The molecule has 0 aliphatic carbocycles. The average molecular weight is 402 g/mol. The van der Waals surface area contributed by atoms with Crippen LogP contribution in [0.25, 0.3) is 11.0 Å². The van der Waals surface area contributed by atoms with Crippen LogP contribution >= 0.6 is 11.6 Å². The molecule has 1 atom stereocenters. The van der Waals surface area contributed by atoms with Gasteiger partial charge in [-0.2, -0.15) is 0 Å². The third-order valence-corrected chi connectivity index (χ3v) is 4.83. The van der Waals surface area contributed by atoms with Crippen molar-refractivity contribution in [3.8, 4) is 0 Å². The number of fused-ring (bicyclic) bond motifs is 1. The molecule has 1 N–H and O–H groups in total. The molecule has 2 aromatic heterocycles. The second kappa shape index (κ2) is 7.18. The molecule has 0 saturated carbocycles. The maximum Gasteiger partial charge on any atom is 0.290 e. The van der Waals surface area contributed by atoms with Gasteiger partial charge >= 0.3 is 0 Å². The summed E-state index contributed by atoms with van der Waals surface area (Å²) in [5.74, 6) is -1.53. The van der Waals surface area contributed by atoms with E-state index in [9.17, 15) is 14.7 Å². The minimum Gasteiger partial charge on any atom is -0.503 e. The SMILES string of the molecule is COCCN1C(=O)C(O)=C(C(=O)c2cc3cc(Cl)ccc3o2)C1c1ccco1. The van der Waals surface area contributed by atoms with E-state index in [1.165, 1.54) is 24.3 Å². The van der Waals surface area contributed by atoms with Gasteiger partial charge in [0, 0.05) is 24.1 Å². The highest BCUT2D eigenvalue weighted by molar-refractivity contribution is 6.31. The molecule has 3 heterocycles. The second-order valence-electron chi connectivity index (χ2n) is 6.29. The van der Waals surface area contributed by atoms with Gasteiger partial charge in [0.25, 0.3) is 5.91 Å². The number of carbonyl (C=O) groups excluding carboxylic acids is 2. The van der Waals surface area contributed by atoms with Crippen LogP contribution in [0.2, 0.25) is 5.02 Å². The average Bonchev–Trinajstić information content (AvgIpc) is 3.39. The highest BCUT2D eigenvalue weighted by Gasteiger charge is 2.45. The lowest BCUT2D eigenvalue weighted by Gasteiger charge is -2.24. The molecule has 8 heteroatoms. The van der Waals surface area contributed by atoms with Crippen molar-refractivity contribution >= 4 is 34.3 Å². The third kappa shape index (κ3) is 2.98. The number of halogens is 1. The van der Waals surface area contributed by atoms with E-state index in [0.717, 1.165) is 0 Å². The molecule has 144 valence electrons. The first-order chi connectivity index (χ1) is 13.5. The highest BCUT2D eigenvalue weighted by Crippen LogP contribution is 2.39. The first-order valence-corrected chi connectivity index (χ1v) is 8.89. The fourth-order valence-electron chi connectivity index (χ4n) is 3.31. The third-order valence-electron chi connectivity index (χ3n) is 4.60. The summed E-state index contributed by atoms with van der Waals surface area (Å²) in [4.78, 5) is 27.1. The maximum atomic E-state index is 13.2. The van der Waals surface area contributed by atoms with Crippen molar-refractivity contribution in [2.75, 3.05) is 20.3 Å². The van der Waals surface area contributed by atoms with Crippen molar-refractivity contribution < 1.29 is 28.3 Å². The minimum atomic E-state index is -0.873. The van der Waals surface area contributed by atoms with Crippen molar-refractivity contribution in [2.45, 2.75) is 6.04 Å². The van der Waals surface area contributed by atoms with Crippen LogP contribution in [-0.2, 0) is 9.53 Å². The first-order valence-electron chi connectivity index (χ1n) is 8.51. The number of Topliss-reactive ketones (excluding diaryl/α,β-unsaturated/α-hetero) is 1. The molecule has 1 aliphatic rings. The molecule has 1 aliphatic heterocycles. The molecule has 0 spiro atoms. The lowest BCUT2D eigenvalue weighted by molar-refractivity contribution is -0.130. The molecule has 0 bridgehead atoms. The summed E-state index contributed by atoms with van der Waals surface area (Å²) in [5.41, 5.74) is 0.379. The van der Waals surface area contributed by atoms with Gasteiger partial charge in [-0.05, 0) is 36.4 Å². The zero-order valence-corrected chi connectivity index (χ0v) is 15.6. The Kier molecular flexibility index (Phi) is 4.70. The monoisotopic (exact) mass is 401 g/mol. The van der Waals surface area contributed by atoms with Gasteiger partial charge in [0.1, 0.15) is 17.4 Å². The predicted molar refractivity (Wildman–Crippen MR) is 100 cm³/mol. The normalized spacial score (nSPS) is 17.1. The van der Waals surface area contributed by atoms with Gasteiger partial charge < -0.3 is 23.6 Å². The molecule has 28 heavy (non-hydrogen) atoms. The molecule has 1 amide bonds. The van der Waals surface area contributed by atoms with Gasteiger partial charge in [-0.1, -0.05) is 11.6 Å². The van der Waals surface area contributed by atoms with E-state index in [-0.39, 0.29) is 24.5 Å². The number of amides is 1. The predicted octanol–water partition coefficient (Wildman–Crippen LogP) is 3.90. The van der Waals surface area contributed by atoms with Crippen molar-refractivity contribution in [3.63, 3.8) is 0 Å². The molecular weight excluding hydrogens is 386 g/mol. The number of methoxy groups -OCH3 is 1. The minimum absolute atomic E-state index is 0.00300. The first kappa shape index (κ1) is 18.3. The number of ether oxygens (including phenoxy) is 1. The zero-order valence-electron chi connectivity index (χ0n) is 14.8. The van der Waals surface area contributed by atoms with Gasteiger partial charge in [-0.3, -0.25) is 9.59 Å². The van der Waals surface area contributed by atoms with Crippen LogP contribution in [0.15, 0.2) is 62.8 Å². The fraction of sp³-hybridized carbons (Fsp3) is 0.200. The van der Waals surface area contributed by atoms with Crippen LogP contribution in [0.1, 0.15) is 22.4 Å². The Balaban J connectivity index is 1.78. The number of nitrogens with zero attached hydrogens (tertiary/aromatic N) is 1.